The lowest BCUT2D eigenvalue weighted by molar-refractivity contribution is 0.795. The zero-order valence-electron chi connectivity index (χ0n) is 20.3. The minimum absolute atomic E-state index is 1.04. The van der Waals surface area contributed by atoms with Gasteiger partial charge < -0.3 is 0 Å². The van der Waals surface area contributed by atoms with Crippen molar-refractivity contribution in [3.63, 3.8) is 0 Å². The molecule has 0 saturated carbocycles. The van der Waals surface area contributed by atoms with E-state index >= 15 is 0 Å². The summed E-state index contributed by atoms with van der Waals surface area (Å²) in [7, 11) is 0. The SMILES string of the molecule is CCCCc1ccc(C#Cc2ccc(C#Cc3ccc(CCCC)cc3)c3ccccc23)cc1. The Hall–Kier alpha value is -3.74. The molecule has 4 aromatic carbocycles. The molecule has 4 aromatic rings. The molecule has 0 unspecified atom stereocenters. The van der Waals surface area contributed by atoms with Crippen molar-refractivity contribution < 1.29 is 0 Å². The van der Waals surface area contributed by atoms with E-state index in [9.17, 15) is 0 Å². The van der Waals surface area contributed by atoms with Crippen LogP contribution in [-0.2, 0) is 12.8 Å². The van der Waals surface area contributed by atoms with Gasteiger partial charge in [0.15, 0.2) is 0 Å². The fourth-order valence-corrected chi connectivity index (χ4v) is 4.07. The van der Waals surface area contributed by atoms with Crippen LogP contribution in [0.5, 0.6) is 0 Å². The van der Waals surface area contributed by atoms with Crippen LogP contribution in [0.4, 0.5) is 0 Å². The van der Waals surface area contributed by atoms with E-state index in [1.54, 1.807) is 0 Å². The molecule has 0 saturated heterocycles. The summed E-state index contributed by atoms with van der Waals surface area (Å²) in [6, 6.07) is 30.0. The molecular formula is C34H32. The van der Waals surface area contributed by atoms with Gasteiger partial charge in [-0.2, -0.15) is 0 Å². The Bertz CT molecular complexity index is 1240. The average molecular weight is 441 g/mol. The van der Waals surface area contributed by atoms with Crippen molar-refractivity contribution in [1.82, 2.24) is 0 Å². The first-order valence-corrected chi connectivity index (χ1v) is 12.5. The molecule has 0 radical (unpaired) electrons. The second-order valence-corrected chi connectivity index (χ2v) is 8.81. The predicted octanol–water partition coefficient (Wildman–Crippen LogP) is 8.32. The van der Waals surface area contributed by atoms with Crippen molar-refractivity contribution in [3.05, 3.63) is 118 Å². The zero-order chi connectivity index (χ0) is 23.6. The van der Waals surface area contributed by atoms with Crippen molar-refractivity contribution in [3.8, 4) is 23.7 Å². The second-order valence-electron chi connectivity index (χ2n) is 8.81. The van der Waals surface area contributed by atoms with Gasteiger partial charge >= 0.3 is 0 Å². The number of benzene rings is 4. The minimum atomic E-state index is 1.04. The molecular weight excluding hydrogens is 408 g/mol. The predicted molar refractivity (Wildman–Crippen MR) is 146 cm³/mol. The molecule has 0 heteroatoms. The van der Waals surface area contributed by atoms with E-state index in [1.807, 2.05) is 0 Å². The molecule has 0 nitrogen and oxygen atoms in total. The molecule has 0 aliphatic carbocycles. The Morgan fingerprint density at radius 2 is 0.882 bits per heavy atom. The number of hydrogen-bond acceptors (Lipinski definition) is 0. The largest absolute Gasteiger partial charge is 0.0654 e. The first-order valence-electron chi connectivity index (χ1n) is 12.5. The summed E-state index contributed by atoms with van der Waals surface area (Å²) in [4.78, 5) is 0. The summed E-state index contributed by atoms with van der Waals surface area (Å²) in [5, 5.41) is 2.30. The summed E-state index contributed by atoms with van der Waals surface area (Å²) in [5.74, 6) is 13.5. The highest BCUT2D eigenvalue weighted by atomic mass is 14.1. The summed E-state index contributed by atoms with van der Waals surface area (Å²) in [6.45, 7) is 4.46. The smallest absolute Gasteiger partial charge is 0.0328 e. The molecule has 168 valence electrons. The number of hydrogen-bond donors (Lipinski definition) is 0. The Labute approximate surface area is 205 Å². The van der Waals surface area contributed by atoms with E-state index in [0.29, 0.717) is 0 Å². The molecule has 0 N–H and O–H groups in total. The Morgan fingerprint density at radius 1 is 0.471 bits per heavy atom. The lowest BCUT2D eigenvalue weighted by Crippen LogP contribution is -1.87. The summed E-state index contributed by atoms with van der Waals surface area (Å²) in [6.07, 6.45) is 7.19. The zero-order valence-corrected chi connectivity index (χ0v) is 20.3. The van der Waals surface area contributed by atoms with E-state index in [1.165, 1.54) is 36.8 Å². The lowest BCUT2D eigenvalue weighted by atomic mass is 9.99. The maximum atomic E-state index is 3.39. The van der Waals surface area contributed by atoms with Gasteiger partial charge in [0, 0.05) is 22.3 Å². The van der Waals surface area contributed by atoms with Gasteiger partial charge in [-0.3, -0.25) is 0 Å². The number of aryl methyl sites for hydroxylation is 2. The van der Waals surface area contributed by atoms with Crippen LogP contribution in [-0.4, -0.2) is 0 Å². The van der Waals surface area contributed by atoms with Gasteiger partial charge in [-0.1, -0.05) is 98.9 Å². The quantitative estimate of drug-likeness (QED) is 0.264. The van der Waals surface area contributed by atoms with Crippen LogP contribution in [0.25, 0.3) is 10.8 Å². The maximum absolute atomic E-state index is 3.39. The molecule has 0 spiro atoms. The Balaban J connectivity index is 1.57. The first kappa shape index (κ1) is 23.4. The minimum Gasteiger partial charge on any atom is -0.0654 e. The standard InChI is InChI=1S/C34H32/c1-3-5-9-27-13-17-29(18-14-27)21-23-31-25-26-32(34-12-8-7-11-33(31)34)24-22-30-19-15-28(16-20-30)10-6-4-2/h7-8,11-20,25-26H,3-6,9-10H2,1-2H3. The van der Waals surface area contributed by atoms with Crippen molar-refractivity contribution in [2.24, 2.45) is 0 Å². The molecule has 0 aliphatic heterocycles. The molecule has 0 aliphatic rings. The van der Waals surface area contributed by atoms with E-state index in [0.717, 1.165) is 45.9 Å². The van der Waals surface area contributed by atoms with Crippen molar-refractivity contribution >= 4 is 10.8 Å². The van der Waals surface area contributed by atoms with Gasteiger partial charge in [-0.05, 0) is 84.0 Å². The molecule has 0 fully saturated rings. The van der Waals surface area contributed by atoms with Crippen LogP contribution in [0.2, 0.25) is 0 Å². The Kier molecular flexibility index (Phi) is 8.22. The number of fused-ring (bicyclic) bond motifs is 1. The van der Waals surface area contributed by atoms with Crippen LogP contribution in [0.3, 0.4) is 0 Å². The van der Waals surface area contributed by atoms with Crippen molar-refractivity contribution in [2.75, 3.05) is 0 Å². The first-order chi connectivity index (χ1) is 16.8. The lowest BCUT2D eigenvalue weighted by Gasteiger charge is -2.04. The molecule has 0 atom stereocenters. The monoisotopic (exact) mass is 440 g/mol. The maximum Gasteiger partial charge on any atom is 0.0328 e. The third kappa shape index (κ3) is 6.19. The van der Waals surface area contributed by atoms with Crippen LogP contribution in [0.15, 0.2) is 84.9 Å². The molecule has 34 heavy (non-hydrogen) atoms. The van der Waals surface area contributed by atoms with Crippen molar-refractivity contribution in [2.45, 2.75) is 52.4 Å². The van der Waals surface area contributed by atoms with Gasteiger partial charge in [-0.25, -0.2) is 0 Å². The van der Waals surface area contributed by atoms with Gasteiger partial charge in [0.05, 0.1) is 0 Å². The molecule has 0 bridgehead atoms. The van der Waals surface area contributed by atoms with E-state index in [4.69, 9.17) is 0 Å². The third-order valence-electron chi connectivity index (χ3n) is 6.15. The highest BCUT2D eigenvalue weighted by molar-refractivity contribution is 5.93. The number of unbranched alkanes of at least 4 members (excludes halogenated alkanes) is 2. The van der Waals surface area contributed by atoms with E-state index in [-0.39, 0.29) is 0 Å². The normalized spacial score (nSPS) is 10.3. The second kappa shape index (κ2) is 11.9. The fourth-order valence-electron chi connectivity index (χ4n) is 4.07. The van der Waals surface area contributed by atoms with Crippen molar-refractivity contribution in [1.29, 1.82) is 0 Å². The van der Waals surface area contributed by atoms with Crippen LogP contribution >= 0.6 is 0 Å². The van der Waals surface area contributed by atoms with Gasteiger partial charge in [0.2, 0.25) is 0 Å². The van der Waals surface area contributed by atoms with Crippen LogP contribution in [0, 0.1) is 23.7 Å². The summed E-state index contributed by atoms with van der Waals surface area (Å²) < 4.78 is 0. The summed E-state index contributed by atoms with van der Waals surface area (Å²) in [5.41, 5.74) is 6.95. The molecule has 0 aromatic heterocycles. The van der Waals surface area contributed by atoms with E-state index in [2.05, 4.69) is 122 Å². The number of rotatable bonds is 6. The average Bonchev–Trinajstić information content (AvgIpc) is 2.89. The highest BCUT2D eigenvalue weighted by Gasteiger charge is 2.03. The van der Waals surface area contributed by atoms with Gasteiger partial charge in [0.25, 0.3) is 0 Å². The fraction of sp³-hybridized carbons (Fsp3) is 0.235. The molecule has 0 heterocycles. The van der Waals surface area contributed by atoms with Gasteiger partial charge in [-0.15, -0.1) is 0 Å². The molecule has 0 amide bonds. The van der Waals surface area contributed by atoms with E-state index < -0.39 is 0 Å². The van der Waals surface area contributed by atoms with Gasteiger partial charge in [0.1, 0.15) is 0 Å². The highest BCUT2D eigenvalue weighted by Crippen LogP contribution is 2.22. The molecule has 4 rings (SSSR count). The van der Waals surface area contributed by atoms with Crippen LogP contribution < -0.4 is 0 Å². The van der Waals surface area contributed by atoms with Crippen LogP contribution in [0.1, 0.15) is 72.9 Å². The third-order valence-corrected chi connectivity index (χ3v) is 6.15. The summed E-state index contributed by atoms with van der Waals surface area (Å²) >= 11 is 0. The Morgan fingerprint density at radius 3 is 1.26 bits per heavy atom. The topological polar surface area (TPSA) is 0 Å².